The van der Waals surface area contributed by atoms with Crippen LogP contribution < -0.4 is 5.32 Å². The molecule has 0 unspecified atom stereocenters. The van der Waals surface area contributed by atoms with Gasteiger partial charge in [0.1, 0.15) is 0 Å². The van der Waals surface area contributed by atoms with Crippen LogP contribution >= 0.6 is 0 Å². The van der Waals surface area contributed by atoms with E-state index in [0.29, 0.717) is 6.04 Å². The molecule has 1 heterocycles. The number of hydrogen-bond donors (Lipinski definition) is 1. The van der Waals surface area contributed by atoms with E-state index < -0.39 is 0 Å². The molecule has 2 rings (SSSR count). The molecule has 2 nitrogen and oxygen atoms in total. The molecule has 1 fully saturated rings. The Labute approximate surface area is 111 Å². The van der Waals surface area contributed by atoms with Crippen LogP contribution in [-0.2, 0) is 12.0 Å². The van der Waals surface area contributed by atoms with Crippen LogP contribution in [0.3, 0.4) is 0 Å². The molecule has 1 aliphatic heterocycles. The van der Waals surface area contributed by atoms with Gasteiger partial charge in [0, 0.05) is 32.2 Å². The van der Waals surface area contributed by atoms with Gasteiger partial charge < -0.3 is 5.32 Å². The van der Waals surface area contributed by atoms with Crippen molar-refractivity contribution in [3.05, 3.63) is 35.4 Å². The lowest BCUT2D eigenvalue weighted by Gasteiger charge is -2.32. The Bertz CT molecular complexity index is 375. The maximum absolute atomic E-state index is 3.49. The first-order valence-corrected chi connectivity index (χ1v) is 7.00. The van der Waals surface area contributed by atoms with Crippen LogP contribution in [0.4, 0.5) is 0 Å². The highest BCUT2D eigenvalue weighted by Crippen LogP contribution is 2.22. The van der Waals surface area contributed by atoms with Gasteiger partial charge in [-0.25, -0.2) is 0 Å². The van der Waals surface area contributed by atoms with Crippen molar-refractivity contribution < 1.29 is 0 Å². The summed E-state index contributed by atoms with van der Waals surface area (Å²) in [5.74, 6) is 0. The first-order chi connectivity index (χ1) is 8.45. The zero-order valence-corrected chi connectivity index (χ0v) is 12.2. The maximum atomic E-state index is 3.49. The second-order valence-electron chi connectivity index (χ2n) is 6.54. The molecule has 2 heteroatoms. The van der Waals surface area contributed by atoms with Crippen LogP contribution in [-0.4, -0.2) is 30.6 Å². The van der Waals surface area contributed by atoms with Gasteiger partial charge in [0.25, 0.3) is 0 Å². The van der Waals surface area contributed by atoms with Gasteiger partial charge in [-0.1, -0.05) is 45.0 Å². The fourth-order valence-corrected chi connectivity index (χ4v) is 2.52. The summed E-state index contributed by atoms with van der Waals surface area (Å²) in [5, 5.41) is 3.49. The summed E-state index contributed by atoms with van der Waals surface area (Å²) >= 11 is 0. The van der Waals surface area contributed by atoms with E-state index in [0.717, 1.165) is 26.2 Å². The Morgan fingerprint density at radius 3 is 2.44 bits per heavy atom. The van der Waals surface area contributed by atoms with Crippen LogP contribution in [0.25, 0.3) is 0 Å². The van der Waals surface area contributed by atoms with E-state index in [1.807, 2.05) is 0 Å². The summed E-state index contributed by atoms with van der Waals surface area (Å²) in [7, 11) is 0. The third-order valence-electron chi connectivity index (χ3n) is 3.68. The molecule has 100 valence electrons. The van der Waals surface area contributed by atoms with E-state index >= 15 is 0 Å². The van der Waals surface area contributed by atoms with Gasteiger partial charge in [0.05, 0.1) is 0 Å². The van der Waals surface area contributed by atoms with E-state index in [1.54, 1.807) is 0 Å². The van der Waals surface area contributed by atoms with Crippen molar-refractivity contribution in [2.45, 2.75) is 45.7 Å². The normalized spacial score (nSPS) is 22.1. The predicted octanol–water partition coefficient (Wildman–Crippen LogP) is 2.78. The Balaban J connectivity index is 1.98. The Morgan fingerprint density at radius 1 is 1.22 bits per heavy atom. The van der Waals surface area contributed by atoms with Gasteiger partial charge in [-0.05, 0) is 23.5 Å². The summed E-state index contributed by atoms with van der Waals surface area (Å²) in [5.41, 5.74) is 3.10. The molecule has 1 saturated heterocycles. The van der Waals surface area contributed by atoms with E-state index in [4.69, 9.17) is 0 Å². The number of hydrogen-bond acceptors (Lipinski definition) is 2. The van der Waals surface area contributed by atoms with Crippen molar-refractivity contribution in [1.29, 1.82) is 0 Å². The lowest BCUT2D eigenvalue weighted by Crippen LogP contribution is -2.48. The van der Waals surface area contributed by atoms with Crippen LogP contribution in [0.5, 0.6) is 0 Å². The zero-order valence-electron chi connectivity index (χ0n) is 12.2. The largest absolute Gasteiger partial charge is 0.312 e. The monoisotopic (exact) mass is 246 g/mol. The molecule has 0 aromatic heterocycles. The number of piperazine rings is 1. The topological polar surface area (TPSA) is 15.3 Å². The minimum absolute atomic E-state index is 0.252. The van der Waals surface area contributed by atoms with Crippen molar-refractivity contribution in [2.24, 2.45) is 0 Å². The molecule has 1 aromatic rings. The first kappa shape index (κ1) is 13.6. The molecule has 1 atom stereocenters. The number of nitrogens with one attached hydrogen (secondary N) is 1. The molecule has 18 heavy (non-hydrogen) atoms. The molecular formula is C16H26N2. The molecular weight excluding hydrogens is 220 g/mol. The van der Waals surface area contributed by atoms with Crippen LogP contribution in [0.1, 0.15) is 38.8 Å². The highest BCUT2D eigenvalue weighted by molar-refractivity contribution is 5.27. The summed E-state index contributed by atoms with van der Waals surface area (Å²) in [6.07, 6.45) is 0. The second-order valence-corrected chi connectivity index (χ2v) is 6.54. The highest BCUT2D eigenvalue weighted by atomic mass is 15.2. The summed E-state index contributed by atoms with van der Waals surface area (Å²) in [6, 6.07) is 9.75. The minimum Gasteiger partial charge on any atom is -0.312 e. The quantitative estimate of drug-likeness (QED) is 0.863. The van der Waals surface area contributed by atoms with Crippen molar-refractivity contribution in [1.82, 2.24) is 10.2 Å². The van der Waals surface area contributed by atoms with Crippen LogP contribution in [0.15, 0.2) is 24.3 Å². The van der Waals surface area contributed by atoms with Gasteiger partial charge in [0.15, 0.2) is 0 Å². The lowest BCUT2D eigenvalue weighted by molar-refractivity contribution is 0.199. The van der Waals surface area contributed by atoms with E-state index in [1.165, 1.54) is 11.1 Å². The van der Waals surface area contributed by atoms with Gasteiger partial charge in [-0.15, -0.1) is 0 Å². The van der Waals surface area contributed by atoms with E-state index in [2.05, 4.69) is 62.2 Å². The molecule has 1 aliphatic rings. The van der Waals surface area contributed by atoms with Gasteiger partial charge in [0.2, 0.25) is 0 Å². The molecule has 1 aromatic carbocycles. The van der Waals surface area contributed by atoms with Crippen molar-refractivity contribution in [3.8, 4) is 0 Å². The highest BCUT2D eigenvalue weighted by Gasteiger charge is 2.16. The third kappa shape index (κ3) is 3.56. The first-order valence-electron chi connectivity index (χ1n) is 7.00. The zero-order chi connectivity index (χ0) is 13.2. The van der Waals surface area contributed by atoms with Crippen molar-refractivity contribution >= 4 is 0 Å². The molecule has 0 amide bonds. The summed E-state index contributed by atoms with van der Waals surface area (Å²) < 4.78 is 0. The van der Waals surface area contributed by atoms with Crippen molar-refractivity contribution in [3.63, 3.8) is 0 Å². The molecule has 0 spiro atoms. The Hall–Kier alpha value is -0.860. The van der Waals surface area contributed by atoms with Crippen LogP contribution in [0.2, 0.25) is 0 Å². The second kappa shape index (κ2) is 5.41. The predicted molar refractivity (Wildman–Crippen MR) is 77.9 cm³/mol. The summed E-state index contributed by atoms with van der Waals surface area (Å²) in [4.78, 5) is 2.53. The van der Waals surface area contributed by atoms with Crippen molar-refractivity contribution in [2.75, 3.05) is 19.6 Å². The van der Waals surface area contributed by atoms with Gasteiger partial charge >= 0.3 is 0 Å². The average molecular weight is 246 g/mol. The van der Waals surface area contributed by atoms with E-state index in [9.17, 15) is 0 Å². The number of rotatable bonds is 2. The molecule has 0 saturated carbocycles. The van der Waals surface area contributed by atoms with E-state index in [-0.39, 0.29) is 5.41 Å². The van der Waals surface area contributed by atoms with Gasteiger partial charge in [-0.2, -0.15) is 0 Å². The third-order valence-corrected chi connectivity index (χ3v) is 3.68. The standard InChI is InChI=1S/C16H26N2/c1-13-11-18(10-9-17-13)12-14-5-7-15(8-6-14)16(2,3)4/h5-8,13,17H,9-12H2,1-4H3/t13-/m1/s1. The minimum atomic E-state index is 0.252. The Morgan fingerprint density at radius 2 is 1.89 bits per heavy atom. The summed E-state index contributed by atoms with van der Waals surface area (Å²) in [6.45, 7) is 13.6. The Kier molecular flexibility index (Phi) is 4.08. The maximum Gasteiger partial charge on any atom is 0.0234 e. The molecule has 0 bridgehead atoms. The molecule has 1 N–H and O–H groups in total. The molecule has 0 radical (unpaired) electrons. The lowest BCUT2D eigenvalue weighted by atomic mass is 9.87. The molecule has 0 aliphatic carbocycles. The number of benzene rings is 1. The number of nitrogens with zero attached hydrogens (tertiary/aromatic N) is 1. The van der Waals surface area contributed by atoms with Gasteiger partial charge in [-0.3, -0.25) is 4.90 Å². The SMILES string of the molecule is C[C@@H]1CN(Cc2ccc(C(C)(C)C)cc2)CCN1. The smallest absolute Gasteiger partial charge is 0.0234 e. The fourth-order valence-electron chi connectivity index (χ4n) is 2.52. The average Bonchev–Trinajstić information content (AvgIpc) is 2.28. The van der Waals surface area contributed by atoms with Crippen LogP contribution in [0, 0.1) is 0 Å². The fraction of sp³-hybridized carbons (Fsp3) is 0.625.